The molecular formula is C30H29Cl2N3O5. The van der Waals surface area contributed by atoms with Gasteiger partial charge in [-0.05, 0) is 53.3 Å². The third-order valence-corrected chi connectivity index (χ3v) is 8.24. The molecule has 1 fully saturated rings. The summed E-state index contributed by atoms with van der Waals surface area (Å²) in [5.74, 6) is -1.58. The number of hydrogen-bond donors (Lipinski definition) is 2. The number of hydrogen-bond acceptors (Lipinski definition) is 6. The second kappa shape index (κ2) is 12.5. The van der Waals surface area contributed by atoms with Crippen LogP contribution in [0.1, 0.15) is 70.3 Å². The van der Waals surface area contributed by atoms with Crippen LogP contribution < -0.4 is 5.48 Å². The fourth-order valence-corrected chi connectivity index (χ4v) is 6.28. The lowest BCUT2D eigenvalue weighted by Crippen LogP contribution is -2.55. The number of fused-ring (bicyclic) bond motifs is 1. The molecule has 3 aromatic carbocycles. The summed E-state index contributed by atoms with van der Waals surface area (Å²) in [5.41, 5.74) is 5.67. The summed E-state index contributed by atoms with van der Waals surface area (Å²) in [4.78, 5) is 45.7. The van der Waals surface area contributed by atoms with Crippen molar-refractivity contribution in [3.8, 4) is 0 Å². The third-order valence-electron chi connectivity index (χ3n) is 7.67. The van der Waals surface area contributed by atoms with Gasteiger partial charge in [0, 0.05) is 15.6 Å². The number of halogens is 2. The van der Waals surface area contributed by atoms with Crippen LogP contribution in [0.25, 0.3) is 0 Å². The Bertz CT molecular complexity index is 1400. The number of nitroso groups, excluding NO2 is 1. The molecule has 1 aliphatic carbocycles. The van der Waals surface area contributed by atoms with Gasteiger partial charge in [-0.1, -0.05) is 89.8 Å². The van der Waals surface area contributed by atoms with Gasteiger partial charge in [0.1, 0.15) is 6.54 Å². The molecule has 2 amide bonds. The molecule has 1 saturated carbocycles. The molecule has 0 radical (unpaired) electrons. The molecule has 208 valence electrons. The second-order valence-electron chi connectivity index (χ2n) is 10.2. The smallest absolute Gasteiger partial charge is 0.255 e. The van der Waals surface area contributed by atoms with Crippen LogP contribution in [0, 0.1) is 4.91 Å². The van der Waals surface area contributed by atoms with E-state index in [2.05, 4.69) is 10.7 Å². The van der Waals surface area contributed by atoms with Crippen LogP contribution in [-0.2, 0) is 22.8 Å². The Morgan fingerprint density at radius 2 is 1.73 bits per heavy atom. The van der Waals surface area contributed by atoms with E-state index in [4.69, 9.17) is 28.0 Å². The van der Waals surface area contributed by atoms with E-state index in [0.717, 1.165) is 24.0 Å². The average Bonchev–Trinajstić information content (AvgIpc) is 2.95. The number of amides is 2. The van der Waals surface area contributed by atoms with Crippen molar-refractivity contribution in [1.82, 2.24) is 10.4 Å². The molecule has 4 atom stereocenters. The average molecular weight is 582 g/mol. The lowest BCUT2D eigenvalue weighted by Gasteiger charge is -2.48. The molecule has 0 bridgehead atoms. The lowest BCUT2D eigenvalue weighted by atomic mass is 9.77. The van der Waals surface area contributed by atoms with Crippen LogP contribution in [0.5, 0.6) is 0 Å². The largest absolute Gasteiger partial charge is 0.391 e. The van der Waals surface area contributed by atoms with Gasteiger partial charge in [0.2, 0.25) is 0 Å². The highest BCUT2D eigenvalue weighted by molar-refractivity contribution is 6.35. The van der Waals surface area contributed by atoms with Gasteiger partial charge in [-0.15, -0.1) is 0 Å². The predicted molar refractivity (Wildman–Crippen MR) is 152 cm³/mol. The van der Waals surface area contributed by atoms with Crippen LogP contribution >= 0.6 is 23.2 Å². The maximum absolute atomic E-state index is 14.0. The van der Waals surface area contributed by atoms with E-state index in [1.807, 2.05) is 0 Å². The van der Waals surface area contributed by atoms with Crippen LogP contribution in [0.4, 0.5) is 0 Å². The Labute approximate surface area is 242 Å². The Balaban J connectivity index is 1.50. The fraction of sp³-hybridized carbons (Fsp3) is 0.333. The standard InChI is InChI=1S/C30H29Cl2N3O5/c31-20-13-14-23(24(32)15-20)28-27(29(37)34-40-17-19-11-9-18(10-12-19)16-33-39)21-5-1-2-6-22(21)30(38)35(28)25-7-3-4-8-26(25)36/h1-2,5-6,9-15,25-28,36H,3-4,7-8,16-17H2,(H,34,37)/t25-,26-,27+,28-/m0/s1. The first-order valence-electron chi connectivity index (χ1n) is 13.2. The van der Waals surface area contributed by atoms with Crippen LogP contribution in [0.2, 0.25) is 10.0 Å². The number of hydroxylamine groups is 1. The molecule has 2 N–H and O–H groups in total. The fourth-order valence-electron chi connectivity index (χ4n) is 5.76. The zero-order valence-corrected chi connectivity index (χ0v) is 23.1. The Kier molecular flexibility index (Phi) is 8.81. The minimum Gasteiger partial charge on any atom is -0.391 e. The summed E-state index contributed by atoms with van der Waals surface area (Å²) in [6, 6.07) is 17.9. The molecule has 0 unspecified atom stereocenters. The zero-order chi connectivity index (χ0) is 28.2. The first-order valence-corrected chi connectivity index (χ1v) is 14.0. The van der Waals surface area contributed by atoms with Crippen molar-refractivity contribution in [2.24, 2.45) is 5.18 Å². The van der Waals surface area contributed by atoms with Gasteiger partial charge in [0.05, 0.1) is 30.7 Å². The van der Waals surface area contributed by atoms with Crippen molar-refractivity contribution in [2.45, 2.75) is 62.9 Å². The highest BCUT2D eigenvalue weighted by atomic mass is 35.5. The van der Waals surface area contributed by atoms with Gasteiger partial charge in [0.15, 0.2) is 0 Å². The van der Waals surface area contributed by atoms with Crippen molar-refractivity contribution in [2.75, 3.05) is 0 Å². The lowest BCUT2D eigenvalue weighted by molar-refractivity contribution is -0.138. The molecular weight excluding hydrogens is 553 g/mol. The number of aliphatic hydroxyl groups is 1. The van der Waals surface area contributed by atoms with Crippen LogP contribution in [0.15, 0.2) is 71.9 Å². The summed E-state index contributed by atoms with van der Waals surface area (Å²) >= 11 is 12.9. The van der Waals surface area contributed by atoms with E-state index in [9.17, 15) is 19.6 Å². The number of rotatable bonds is 8. The van der Waals surface area contributed by atoms with Gasteiger partial charge in [-0.3, -0.25) is 14.4 Å². The van der Waals surface area contributed by atoms with E-state index in [-0.39, 0.29) is 19.1 Å². The molecule has 2 aliphatic rings. The maximum atomic E-state index is 14.0. The third kappa shape index (κ3) is 5.76. The number of benzene rings is 3. The van der Waals surface area contributed by atoms with Crippen molar-refractivity contribution in [3.63, 3.8) is 0 Å². The summed E-state index contributed by atoms with van der Waals surface area (Å²) in [6.07, 6.45) is 2.17. The SMILES string of the molecule is O=NCc1ccc(CONC(=O)[C@@H]2c3ccccc3C(=O)N([C@H]3CCCC[C@@H]3O)[C@H]2c2ccc(Cl)cc2Cl)cc1. The molecule has 3 aromatic rings. The second-order valence-corrected chi connectivity index (χ2v) is 11.0. The highest BCUT2D eigenvalue weighted by Crippen LogP contribution is 2.47. The monoisotopic (exact) mass is 581 g/mol. The van der Waals surface area contributed by atoms with E-state index in [1.54, 1.807) is 71.6 Å². The minimum absolute atomic E-state index is 0.0819. The zero-order valence-electron chi connectivity index (χ0n) is 21.6. The van der Waals surface area contributed by atoms with Crippen LogP contribution in [-0.4, -0.2) is 34.0 Å². The van der Waals surface area contributed by atoms with Crippen molar-refractivity contribution in [1.29, 1.82) is 0 Å². The minimum atomic E-state index is -0.872. The van der Waals surface area contributed by atoms with Crippen molar-refractivity contribution in [3.05, 3.63) is 109 Å². The molecule has 8 nitrogen and oxygen atoms in total. The quantitative estimate of drug-likeness (QED) is 0.247. The summed E-state index contributed by atoms with van der Waals surface area (Å²) in [6.45, 7) is 0.170. The molecule has 1 heterocycles. The molecule has 5 rings (SSSR count). The highest BCUT2D eigenvalue weighted by Gasteiger charge is 2.49. The first kappa shape index (κ1) is 28.2. The first-order chi connectivity index (χ1) is 19.4. The Morgan fingerprint density at radius 1 is 1.00 bits per heavy atom. The maximum Gasteiger partial charge on any atom is 0.255 e. The van der Waals surface area contributed by atoms with E-state index in [1.165, 1.54) is 0 Å². The van der Waals surface area contributed by atoms with Crippen molar-refractivity contribution < 1.29 is 19.5 Å². The molecule has 0 spiro atoms. The van der Waals surface area contributed by atoms with E-state index >= 15 is 0 Å². The molecule has 1 aliphatic heterocycles. The predicted octanol–water partition coefficient (Wildman–Crippen LogP) is 6.09. The Morgan fingerprint density at radius 3 is 2.45 bits per heavy atom. The number of carbonyl (C=O) groups is 2. The van der Waals surface area contributed by atoms with Crippen LogP contribution in [0.3, 0.4) is 0 Å². The number of carbonyl (C=O) groups excluding carboxylic acids is 2. The normalized spacial score (nSPS) is 22.5. The number of nitrogens with zero attached hydrogens (tertiary/aromatic N) is 2. The molecule has 0 saturated heterocycles. The van der Waals surface area contributed by atoms with Gasteiger partial charge in [-0.25, -0.2) is 5.48 Å². The van der Waals surface area contributed by atoms with Gasteiger partial charge < -0.3 is 10.0 Å². The van der Waals surface area contributed by atoms with Gasteiger partial charge in [0.25, 0.3) is 11.8 Å². The summed E-state index contributed by atoms with van der Waals surface area (Å²) in [7, 11) is 0. The van der Waals surface area contributed by atoms with Gasteiger partial charge >= 0.3 is 0 Å². The molecule has 0 aromatic heterocycles. The van der Waals surface area contributed by atoms with Gasteiger partial charge in [-0.2, -0.15) is 4.91 Å². The topological polar surface area (TPSA) is 108 Å². The number of aliphatic hydroxyl groups excluding tert-OH is 1. The number of nitrogens with one attached hydrogen (secondary N) is 1. The van der Waals surface area contributed by atoms with E-state index < -0.39 is 30.0 Å². The molecule has 40 heavy (non-hydrogen) atoms. The molecule has 10 heteroatoms. The van der Waals surface area contributed by atoms with Crippen molar-refractivity contribution >= 4 is 35.0 Å². The Hall–Kier alpha value is -3.30. The van der Waals surface area contributed by atoms with E-state index in [0.29, 0.717) is 39.6 Å². The summed E-state index contributed by atoms with van der Waals surface area (Å²) in [5, 5.41) is 14.7. The summed E-state index contributed by atoms with van der Waals surface area (Å²) < 4.78 is 0.